The Morgan fingerprint density at radius 1 is 1.00 bits per heavy atom. The minimum Gasteiger partial charge on any atom is -0.372 e. The minimum atomic E-state index is -1.80. The van der Waals surface area contributed by atoms with Crippen molar-refractivity contribution in [1.29, 1.82) is 0 Å². The smallest absolute Gasteiger partial charge is 0.262 e. The first kappa shape index (κ1) is 20.9. The predicted octanol–water partition coefficient (Wildman–Crippen LogP) is 2.85. The van der Waals surface area contributed by atoms with Crippen LogP contribution in [0.15, 0.2) is 91.0 Å². The van der Waals surface area contributed by atoms with Gasteiger partial charge in [0.05, 0.1) is 6.17 Å². The van der Waals surface area contributed by atoms with E-state index < -0.39 is 17.7 Å². The maximum Gasteiger partial charge on any atom is 0.262 e. The fourth-order valence-corrected chi connectivity index (χ4v) is 5.25. The van der Waals surface area contributed by atoms with Gasteiger partial charge in [0.2, 0.25) is 0 Å². The summed E-state index contributed by atoms with van der Waals surface area (Å²) in [5, 5.41) is 14.7. The summed E-state index contributed by atoms with van der Waals surface area (Å²) >= 11 is 0. The first-order valence-corrected chi connectivity index (χ1v) is 11.2. The summed E-state index contributed by atoms with van der Waals surface area (Å²) in [5.74, 6) is -0.00742. The van der Waals surface area contributed by atoms with Crippen molar-refractivity contribution in [2.24, 2.45) is 17.1 Å². The highest BCUT2D eigenvalue weighted by Gasteiger charge is 2.63. The van der Waals surface area contributed by atoms with E-state index in [0.29, 0.717) is 17.0 Å². The number of benzene rings is 3. The van der Waals surface area contributed by atoms with E-state index in [1.165, 1.54) is 5.56 Å². The summed E-state index contributed by atoms with van der Waals surface area (Å²) in [6.45, 7) is 2.72. The quantitative estimate of drug-likeness (QED) is 0.507. The van der Waals surface area contributed by atoms with Crippen molar-refractivity contribution in [3.63, 3.8) is 0 Å². The number of nitrogens with two attached hydrogens (primary N) is 1. The van der Waals surface area contributed by atoms with Crippen LogP contribution in [0.4, 0.5) is 0 Å². The molecule has 0 bridgehead atoms. The van der Waals surface area contributed by atoms with Gasteiger partial charge in [-0.3, -0.25) is 9.69 Å². The Morgan fingerprint density at radius 2 is 1.53 bits per heavy atom. The van der Waals surface area contributed by atoms with E-state index in [2.05, 4.69) is 34.5 Å². The van der Waals surface area contributed by atoms with Crippen LogP contribution in [0.25, 0.3) is 0 Å². The largest absolute Gasteiger partial charge is 0.372 e. The molecule has 1 saturated carbocycles. The SMILES string of the molecule is NC(NC(=O)C(O)(c1ccccc1)c1ccccc1)C12CC1CN(Cc1ccccc1)C2. The number of hydrogen-bond acceptors (Lipinski definition) is 4. The summed E-state index contributed by atoms with van der Waals surface area (Å²) in [6.07, 6.45) is 0.495. The van der Waals surface area contributed by atoms with Gasteiger partial charge in [-0.2, -0.15) is 0 Å². The highest BCUT2D eigenvalue weighted by molar-refractivity contribution is 5.90. The van der Waals surface area contributed by atoms with Crippen molar-refractivity contribution in [3.8, 4) is 0 Å². The average Bonchev–Trinajstić information content (AvgIpc) is 3.42. The van der Waals surface area contributed by atoms with E-state index >= 15 is 0 Å². The number of hydrogen-bond donors (Lipinski definition) is 3. The monoisotopic (exact) mass is 427 g/mol. The van der Waals surface area contributed by atoms with Crippen LogP contribution in [0.2, 0.25) is 0 Å². The lowest BCUT2D eigenvalue weighted by molar-refractivity contribution is -0.138. The second-order valence-electron chi connectivity index (χ2n) is 9.18. The number of nitrogens with zero attached hydrogens (tertiary/aromatic N) is 1. The Labute approximate surface area is 188 Å². The first-order valence-electron chi connectivity index (χ1n) is 11.2. The molecule has 5 heteroatoms. The van der Waals surface area contributed by atoms with Gasteiger partial charge >= 0.3 is 0 Å². The van der Waals surface area contributed by atoms with Crippen molar-refractivity contribution in [1.82, 2.24) is 10.2 Å². The van der Waals surface area contributed by atoms with Crippen LogP contribution in [-0.4, -0.2) is 35.2 Å². The molecule has 0 radical (unpaired) electrons. The highest BCUT2D eigenvalue weighted by Crippen LogP contribution is 2.59. The molecule has 3 unspecified atom stereocenters. The van der Waals surface area contributed by atoms with Crippen LogP contribution in [0.1, 0.15) is 23.1 Å². The van der Waals surface area contributed by atoms with Crippen LogP contribution in [0.3, 0.4) is 0 Å². The zero-order valence-corrected chi connectivity index (χ0v) is 18.0. The molecule has 0 spiro atoms. The van der Waals surface area contributed by atoms with E-state index in [1.807, 2.05) is 42.5 Å². The van der Waals surface area contributed by atoms with Crippen molar-refractivity contribution in [2.75, 3.05) is 13.1 Å². The Hall–Kier alpha value is -2.99. The fourth-order valence-electron chi connectivity index (χ4n) is 5.25. The molecular formula is C27H29N3O2. The lowest BCUT2D eigenvalue weighted by Gasteiger charge is -2.32. The maximum absolute atomic E-state index is 13.5. The van der Waals surface area contributed by atoms with Gasteiger partial charge in [-0.15, -0.1) is 0 Å². The third-order valence-electron chi connectivity index (χ3n) is 7.14. The van der Waals surface area contributed by atoms with Crippen LogP contribution >= 0.6 is 0 Å². The number of aliphatic hydroxyl groups is 1. The maximum atomic E-state index is 13.5. The van der Waals surface area contributed by atoms with Crippen molar-refractivity contribution < 1.29 is 9.90 Å². The number of carbonyl (C=O) groups excluding carboxylic acids is 1. The molecular weight excluding hydrogens is 398 g/mol. The lowest BCUT2D eigenvalue weighted by atomic mass is 9.85. The molecule has 1 amide bonds. The molecule has 0 aromatic heterocycles. The van der Waals surface area contributed by atoms with Crippen LogP contribution < -0.4 is 11.1 Å². The van der Waals surface area contributed by atoms with E-state index in [0.717, 1.165) is 26.1 Å². The van der Waals surface area contributed by atoms with Crippen molar-refractivity contribution in [3.05, 3.63) is 108 Å². The lowest BCUT2D eigenvalue weighted by Crippen LogP contribution is -2.56. The zero-order chi connectivity index (χ0) is 22.2. The number of fused-ring (bicyclic) bond motifs is 1. The van der Waals surface area contributed by atoms with E-state index in [1.54, 1.807) is 24.3 Å². The Kier molecular flexibility index (Phi) is 5.33. The number of carbonyl (C=O) groups is 1. The van der Waals surface area contributed by atoms with Crippen molar-refractivity contribution in [2.45, 2.75) is 24.7 Å². The van der Waals surface area contributed by atoms with Gasteiger partial charge in [0, 0.05) is 25.0 Å². The van der Waals surface area contributed by atoms with Crippen LogP contribution in [0.5, 0.6) is 0 Å². The molecule has 1 heterocycles. The minimum absolute atomic E-state index is 0.126. The Morgan fingerprint density at radius 3 is 2.09 bits per heavy atom. The molecule has 1 saturated heterocycles. The molecule has 32 heavy (non-hydrogen) atoms. The number of nitrogens with one attached hydrogen (secondary N) is 1. The normalized spacial score (nSPS) is 23.4. The summed E-state index contributed by atoms with van der Waals surface area (Å²) in [5.41, 5.74) is 7.00. The third-order valence-corrected chi connectivity index (χ3v) is 7.14. The van der Waals surface area contributed by atoms with Crippen molar-refractivity contribution >= 4 is 5.91 Å². The first-order chi connectivity index (χ1) is 15.5. The Balaban J connectivity index is 1.33. The third kappa shape index (κ3) is 3.62. The highest BCUT2D eigenvalue weighted by atomic mass is 16.3. The predicted molar refractivity (Wildman–Crippen MR) is 124 cm³/mol. The standard InChI is InChI=1S/C27H29N3O2/c28-24(26-16-23(26)18-30(19-26)17-20-10-4-1-5-11-20)29-25(31)27(32,21-12-6-2-7-13-21)22-14-8-3-9-15-22/h1-15,23-24,32H,16-19,28H2,(H,29,31). The summed E-state index contributed by atoms with van der Waals surface area (Å²) in [4.78, 5) is 15.9. The van der Waals surface area contributed by atoms with Gasteiger partial charge in [0.15, 0.2) is 5.60 Å². The number of likely N-dealkylation sites (tertiary alicyclic amines) is 1. The molecule has 2 aliphatic rings. The van der Waals surface area contributed by atoms with Gasteiger partial charge in [-0.1, -0.05) is 91.0 Å². The topological polar surface area (TPSA) is 78.6 Å². The molecule has 1 aliphatic carbocycles. The summed E-state index contributed by atoms with van der Waals surface area (Å²) in [7, 11) is 0. The summed E-state index contributed by atoms with van der Waals surface area (Å²) in [6, 6.07) is 28.5. The molecule has 3 aromatic carbocycles. The van der Waals surface area contributed by atoms with E-state index in [-0.39, 0.29) is 5.41 Å². The average molecular weight is 428 g/mol. The van der Waals surface area contributed by atoms with Crippen LogP contribution in [0, 0.1) is 11.3 Å². The molecule has 1 aliphatic heterocycles. The number of amides is 1. The molecule has 4 N–H and O–H groups in total. The fraction of sp³-hybridized carbons (Fsp3) is 0.296. The summed E-state index contributed by atoms with van der Waals surface area (Å²) < 4.78 is 0. The molecule has 164 valence electrons. The van der Waals surface area contributed by atoms with Gasteiger partial charge in [0.1, 0.15) is 0 Å². The van der Waals surface area contributed by atoms with Gasteiger partial charge in [-0.25, -0.2) is 0 Å². The van der Waals surface area contributed by atoms with Gasteiger partial charge in [0.25, 0.3) is 5.91 Å². The molecule has 5 rings (SSSR count). The zero-order valence-electron chi connectivity index (χ0n) is 18.0. The Bertz CT molecular complexity index is 1030. The second-order valence-corrected chi connectivity index (χ2v) is 9.18. The molecule has 2 fully saturated rings. The van der Waals surface area contributed by atoms with Crippen LogP contribution in [-0.2, 0) is 16.9 Å². The van der Waals surface area contributed by atoms with E-state index in [4.69, 9.17) is 5.73 Å². The number of piperidine rings is 1. The molecule has 3 aromatic rings. The number of rotatable bonds is 7. The second kappa shape index (κ2) is 8.17. The molecule has 3 atom stereocenters. The van der Waals surface area contributed by atoms with E-state index in [9.17, 15) is 9.90 Å². The van der Waals surface area contributed by atoms with Gasteiger partial charge < -0.3 is 16.2 Å². The molecule has 5 nitrogen and oxygen atoms in total. The van der Waals surface area contributed by atoms with Gasteiger partial charge in [-0.05, 0) is 29.0 Å².